The summed E-state index contributed by atoms with van der Waals surface area (Å²) in [5.74, 6) is 1.22. The number of carbonyl (C=O) groups excluding carboxylic acids is 1. The van der Waals surface area contributed by atoms with Gasteiger partial charge in [-0.05, 0) is 12.5 Å². The normalized spacial score (nSPS) is 15.4. The van der Waals surface area contributed by atoms with E-state index >= 15 is 0 Å². The highest BCUT2D eigenvalue weighted by Crippen LogP contribution is 2.19. The zero-order chi connectivity index (χ0) is 13.7. The average molecular weight is 283 g/mol. The lowest BCUT2D eigenvalue weighted by molar-refractivity contribution is 0.0767. The Labute approximate surface area is 116 Å². The third-order valence-corrected chi connectivity index (χ3v) is 3.90. The topological polar surface area (TPSA) is 45.2 Å². The van der Waals surface area contributed by atoms with Crippen LogP contribution in [0.1, 0.15) is 23.7 Å². The van der Waals surface area contributed by atoms with Crippen LogP contribution < -0.4 is 5.32 Å². The van der Waals surface area contributed by atoms with Gasteiger partial charge in [0.15, 0.2) is 11.6 Å². The van der Waals surface area contributed by atoms with Crippen LogP contribution in [0.3, 0.4) is 0 Å². The third kappa shape index (κ3) is 3.37. The molecule has 0 bridgehead atoms. The minimum Gasteiger partial charge on any atom is -0.368 e. The zero-order valence-corrected chi connectivity index (χ0v) is 11.8. The molecule has 4 nitrogen and oxygen atoms in total. The summed E-state index contributed by atoms with van der Waals surface area (Å²) in [5, 5.41) is 2.90. The fourth-order valence-corrected chi connectivity index (χ4v) is 2.82. The van der Waals surface area contributed by atoms with E-state index in [1.165, 1.54) is 12.3 Å². The summed E-state index contributed by atoms with van der Waals surface area (Å²) in [6.45, 7) is 4.00. The number of nitrogens with zero attached hydrogens (tertiary/aromatic N) is 2. The van der Waals surface area contributed by atoms with Gasteiger partial charge in [-0.1, -0.05) is 6.92 Å². The molecule has 1 N–H and O–H groups in total. The molecule has 0 saturated carbocycles. The Kier molecular flexibility index (Phi) is 5.01. The standard InChI is InChI=1S/C13H18FN3OS/c1-2-4-15-12-11(14)10(3-5-16-12)13(18)17-6-8-19-9-7-17/h3,5H,2,4,6-9H2,1H3,(H,15,16). The molecule has 0 aromatic carbocycles. The first kappa shape index (κ1) is 14.1. The molecule has 1 aromatic heterocycles. The summed E-state index contributed by atoms with van der Waals surface area (Å²) in [5.41, 5.74) is 0.112. The van der Waals surface area contributed by atoms with Gasteiger partial charge in [-0.15, -0.1) is 0 Å². The maximum atomic E-state index is 14.2. The predicted octanol–water partition coefficient (Wildman–Crippen LogP) is 2.23. The SMILES string of the molecule is CCCNc1nccc(C(=O)N2CCSCC2)c1F. The Hall–Kier alpha value is -1.30. The van der Waals surface area contributed by atoms with Crippen LogP contribution in [-0.4, -0.2) is 46.9 Å². The predicted molar refractivity (Wildman–Crippen MR) is 76.2 cm³/mol. The van der Waals surface area contributed by atoms with Crippen LogP contribution in [0.2, 0.25) is 0 Å². The summed E-state index contributed by atoms with van der Waals surface area (Å²) in [6.07, 6.45) is 2.36. The molecule has 1 aliphatic heterocycles. The Morgan fingerprint density at radius 3 is 2.95 bits per heavy atom. The van der Waals surface area contributed by atoms with Crippen molar-refractivity contribution in [2.75, 3.05) is 36.5 Å². The number of rotatable bonds is 4. The fourth-order valence-electron chi connectivity index (χ4n) is 1.91. The first-order valence-corrected chi connectivity index (χ1v) is 7.65. The highest BCUT2D eigenvalue weighted by atomic mass is 32.2. The van der Waals surface area contributed by atoms with Crippen molar-refractivity contribution in [3.8, 4) is 0 Å². The third-order valence-electron chi connectivity index (χ3n) is 2.96. The van der Waals surface area contributed by atoms with Crippen molar-refractivity contribution >= 4 is 23.5 Å². The molecule has 0 spiro atoms. The van der Waals surface area contributed by atoms with Gasteiger partial charge in [0.2, 0.25) is 0 Å². The van der Waals surface area contributed by atoms with E-state index in [4.69, 9.17) is 0 Å². The van der Waals surface area contributed by atoms with Crippen LogP contribution in [0.5, 0.6) is 0 Å². The number of amides is 1. The molecule has 1 saturated heterocycles. The molecular weight excluding hydrogens is 265 g/mol. The highest BCUT2D eigenvalue weighted by molar-refractivity contribution is 7.99. The highest BCUT2D eigenvalue weighted by Gasteiger charge is 2.22. The maximum absolute atomic E-state index is 14.2. The Balaban J connectivity index is 2.16. The molecule has 2 rings (SSSR count). The van der Waals surface area contributed by atoms with E-state index in [1.54, 1.807) is 4.90 Å². The molecule has 2 heterocycles. The van der Waals surface area contributed by atoms with E-state index in [2.05, 4.69) is 10.3 Å². The lowest BCUT2D eigenvalue weighted by atomic mass is 10.2. The second kappa shape index (κ2) is 6.75. The van der Waals surface area contributed by atoms with Gasteiger partial charge >= 0.3 is 0 Å². The Morgan fingerprint density at radius 1 is 1.53 bits per heavy atom. The van der Waals surface area contributed by atoms with Crippen LogP contribution in [0, 0.1) is 5.82 Å². The van der Waals surface area contributed by atoms with Gasteiger partial charge in [-0.2, -0.15) is 11.8 Å². The molecule has 104 valence electrons. The van der Waals surface area contributed by atoms with E-state index in [1.807, 2.05) is 18.7 Å². The monoisotopic (exact) mass is 283 g/mol. The lowest BCUT2D eigenvalue weighted by Gasteiger charge is -2.26. The number of anilines is 1. The maximum Gasteiger partial charge on any atom is 0.257 e. The van der Waals surface area contributed by atoms with E-state index in [9.17, 15) is 9.18 Å². The number of hydrogen-bond donors (Lipinski definition) is 1. The number of pyridine rings is 1. The molecule has 6 heteroatoms. The second-order valence-corrected chi connectivity index (χ2v) is 5.58. The van der Waals surface area contributed by atoms with Crippen molar-refractivity contribution in [3.63, 3.8) is 0 Å². The Morgan fingerprint density at radius 2 is 2.26 bits per heavy atom. The van der Waals surface area contributed by atoms with Crippen LogP contribution in [-0.2, 0) is 0 Å². The van der Waals surface area contributed by atoms with Crippen molar-refractivity contribution in [1.82, 2.24) is 9.88 Å². The lowest BCUT2D eigenvalue weighted by Crippen LogP contribution is -2.38. The summed E-state index contributed by atoms with van der Waals surface area (Å²) >= 11 is 1.82. The number of halogens is 1. The van der Waals surface area contributed by atoms with E-state index < -0.39 is 5.82 Å². The van der Waals surface area contributed by atoms with Gasteiger partial charge in [-0.25, -0.2) is 9.37 Å². The van der Waals surface area contributed by atoms with Crippen molar-refractivity contribution in [2.45, 2.75) is 13.3 Å². The molecule has 1 amide bonds. The van der Waals surface area contributed by atoms with Crippen LogP contribution >= 0.6 is 11.8 Å². The molecule has 1 aromatic rings. The van der Waals surface area contributed by atoms with Crippen LogP contribution in [0.15, 0.2) is 12.3 Å². The van der Waals surface area contributed by atoms with Crippen molar-refractivity contribution in [1.29, 1.82) is 0 Å². The van der Waals surface area contributed by atoms with E-state index in [-0.39, 0.29) is 17.3 Å². The average Bonchev–Trinajstić information content (AvgIpc) is 2.46. The van der Waals surface area contributed by atoms with Gasteiger partial charge < -0.3 is 10.2 Å². The summed E-state index contributed by atoms with van der Waals surface area (Å²) in [6, 6.07) is 1.45. The first-order chi connectivity index (χ1) is 9.24. The number of hydrogen-bond acceptors (Lipinski definition) is 4. The minimum atomic E-state index is -0.542. The quantitative estimate of drug-likeness (QED) is 0.920. The molecule has 0 aliphatic carbocycles. The fraction of sp³-hybridized carbons (Fsp3) is 0.538. The first-order valence-electron chi connectivity index (χ1n) is 6.49. The number of nitrogens with one attached hydrogen (secondary N) is 1. The molecule has 19 heavy (non-hydrogen) atoms. The molecular formula is C13H18FN3OS. The Bertz CT molecular complexity index is 450. The molecule has 1 aliphatic rings. The van der Waals surface area contributed by atoms with Crippen molar-refractivity contribution in [2.24, 2.45) is 0 Å². The van der Waals surface area contributed by atoms with E-state index in [0.29, 0.717) is 19.6 Å². The smallest absolute Gasteiger partial charge is 0.257 e. The van der Waals surface area contributed by atoms with Crippen molar-refractivity contribution in [3.05, 3.63) is 23.6 Å². The summed E-state index contributed by atoms with van der Waals surface area (Å²) < 4.78 is 14.2. The zero-order valence-electron chi connectivity index (χ0n) is 11.0. The second-order valence-electron chi connectivity index (χ2n) is 4.35. The number of carbonyl (C=O) groups is 1. The van der Waals surface area contributed by atoms with Gasteiger partial charge in [-0.3, -0.25) is 4.79 Å². The molecule has 1 fully saturated rings. The molecule has 0 atom stereocenters. The van der Waals surface area contributed by atoms with Gasteiger partial charge in [0.25, 0.3) is 5.91 Å². The van der Waals surface area contributed by atoms with E-state index in [0.717, 1.165) is 17.9 Å². The largest absolute Gasteiger partial charge is 0.368 e. The molecule has 0 unspecified atom stereocenters. The number of thioether (sulfide) groups is 1. The van der Waals surface area contributed by atoms with Gasteiger partial charge in [0, 0.05) is 37.3 Å². The molecule has 0 radical (unpaired) electrons. The minimum absolute atomic E-state index is 0.112. The summed E-state index contributed by atoms with van der Waals surface area (Å²) in [4.78, 5) is 17.9. The summed E-state index contributed by atoms with van der Waals surface area (Å²) in [7, 11) is 0. The van der Waals surface area contributed by atoms with Crippen molar-refractivity contribution < 1.29 is 9.18 Å². The number of aromatic nitrogens is 1. The van der Waals surface area contributed by atoms with Gasteiger partial charge in [0.05, 0.1) is 5.56 Å². The van der Waals surface area contributed by atoms with Gasteiger partial charge in [0.1, 0.15) is 0 Å². The van der Waals surface area contributed by atoms with Crippen LogP contribution in [0.4, 0.5) is 10.2 Å². The van der Waals surface area contributed by atoms with Crippen LogP contribution in [0.25, 0.3) is 0 Å².